The first-order valence-corrected chi connectivity index (χ1v) is 7.77. The lowest BCUT2D eigenvalue weighted by atomic mass is 9.93. The molecule has 1 aromatic heterocycles. The van der Waals surface area contributed by atoms with E-state index in [4.69, 9.17) is 0 Å². The number of nitrogens with one attached hydrogen (secondary N) is 2. The van der Waals surface area contributed by atoms with Gasteiger partial charge in [-0.15, -0.1) is 0 Å². The fraction of sp³-hybridized carbons (Fsp3) is 0.562. The first kappa shape index (κ1) is 14.8. The van der Waals surface area contributed by atoms with Crippen molar-refractivity contribution in [1.29, 1.82) is 0 Å². The Morgan fingerprint density at radius 2 is 2.00 bits per heavy atom. The van der Waals surface area contributed by atoms with Gasteiger partial charge < -0.3 is 15.4 Å². The molecule has 6 heteroatoms. The van der Waals surface area contributed by atoms with Gasteiger partial charge in [0.15, 0.2) is 5.78 Å². The summed E-state index contributed by atoms with van der Waals surface area (Å²) < 4.78 is 0. The number of carboxylic acids is 1. The zero-order valence-corrected chi connectivity index (χ0v) is 12.6. The average molecular weight is 304 g/mol. The van der Waals surface area contributed by atoms with E-state index in [9.17, 15) is 19.5 Å². The van der Waals surface area contributed by atoms with Crippen molar-refractivity contribution >= 4 is 17.7 Å². The molecule has 0 unspecified atom stereocenters. The van der Waals surface area contributed by atoms with Crippen LogP contribution in [0.3, 0.4) is 0 Å². The minimum absolute atomic E-state index is 0.0818. The van der Waals surface area contributed by atoms with Crippen molar-refractivity contribution in [2.45, 2.75) is 51.5 Å². The van der Waals surface area contributed by atoms with E-state index in [1.54, 1.807) is 6.92 Å². The molecule has 1 fully saturated rings. The SMILES string of the molecule is Cc1c(C(=O)N[C@@H]2CCC[C@@H]2C(=O)O)[nH]c2c1C(=O)CCC2. The molecule has 2 aliphatic rings. The number of ketones is 1. The Hall–Kier alpha value is -2.11. The number of fused-ring (bicyclic) bond motifs is 1. The number of aryl methyl sites for hydroxylation is 1. The van der Waals surface area contributed by atoms with Crippen LogP contribution in [0.2, 0.25) is 0 Å². The molecular weight excluding hydrogens is 284 g/mol. The molecule has 118 valence electrons. The Bertz CT molecular complexity index is 647. The lowest BCUT2D eigenvalue weighted by Gasteiger charge is -2.17. The third-order valence-corrected chi connectivity index (χ3v) is 4.81. The monoisotopic (exact) mass is 304 g/mol. The molecule has 1 aromatic rings. The average Bonchev–Trinajstić information content (AvgIpc) is 3.04. The van der Waals surface area contributed by atoms with Crippen LogP contribution in [-0.2, 0) is 11.2 Å². The van der Waals surface area contributed by atoms with Gasteiger partial charge in [-0.3, -0.25) is 14.4 Å². The molecule has 1 heterocycles. The lowest BCUT2D eigenvalue weighted by molar-refractivity contribution is -0.142. The molecule has 6 nitrogen and oxygen atoms in total. The number of carboxylic acid groups (broad SMARTS) is 1. The number of rotatable bonds is 3. The molecule has 0 bridgehead atoms. The molecule has 2 aliphatic carbocycles. The van der Waals surface area contributed by atoms with Gasteiger partial charge in [-0.05, 0) is 38.2 Å². The van der Waals surface area contributed by atoms with Crippen molar-refractivity contribution in [2.75, 3.05) is 0 Å². The topological polar surface area (TPSA) is 99.3 Å². The van der Waals surface area contributed by atoms with E-state index < -0.39 is 11.9 Å². The molecule has 3 rings (SSSR count). The van der Waals surface area contributed by atoms with Crippen molar-refractivity contribution in [2.24, 2.45) is 5.92 Å². The summed E-state index contributed by atoms with van der Waals surface area (Å²) >= 11 is 0. The van der Waals surface area contributed by atoms with Gasteiger partial charge in [0.1, 0.15) is 5.69 Å². The number of hydrogen-bond donors (Lipinski definition) is 3. The highest BCUT2D eigenvalue weighted by atomic mass is 16.4. The number of hydrogen-bond acceptors (Lipinski definition) is 3. The van der Waals surface area contributed by atoms with E-state index in [0.29, 0.717) is 36.1 Å². The predicted molar refractivity (Wildman–Crippen MR) is 79.0 cm³/mol. The van der Waals surface area contributed by atoms with Gasteiger partial charge in [-0.1, -0.05) is 6.42 Å². The summed E-state index contributed by atoms with van der Waals surface area (Å²) in [5.74, 6) is -1.60. The summed E-state index contributed by atoms with van der Waals surface area (Å²) in [6.07, 6.45) is 4.18. The molecule has 1 amide bonds. The van der Waals surface area contributed by atoms with E-state index in [1.807, 2.05) is 0 Å². The Kier molecular flexibility index (Phi) is 3.76. The van der Waals surface area contributed by atoms with Gasteiger partial charge in [0.05, 0.1) is 5.92 Å². The third-order valence-electron chi connectivity index (χ3n) is 4.81. The second-order valence-electron chi connectivity index (χ2n) is 6.21. The van der Waals surface area contributed by atoms with Crippen LogP contribution >= 0.6 is 0 Å². The van der Waals surface area contributed by atoms with Crippen molar-refractivity contribution in [3.63, 3.8) is 0 Å². The van der Waals surface area contributed by atoms with Crippen molar-refractivity contribution < 1.29 is 19.5 Å². The van der Waals surface area contributed by atoms with Crippen molar-refractivity contribution in [3.05, 3.63) is 22.5 Å². The first-order valence-electron chi connectivity index (χ1n) is 7.77. The Morgan fingerprint density at radius 3 is 2.68 bits per heavy atom. The summed E-state index contributed by atoms with van der Waals surface area (Å²) in [7, 11) is 0. The molecule has 2 atom stereocenters. The van der Waals surface area contributed by atoms with Crippen LogP contribution in [0.15, 0.2) is 0 Å². The summed E-state index contributed by atoms with van der Waals surface area (Å²) in [6.45, 7) is 1.77. The van der Waals surface area contributed by atoms with E-state index in [1.165, 1.54) is 0 Å². The molecule has 0 radical (unpaired) electrons. The summed E-state index contributed by atoms with van der Waals surface area (Å²) in [6, 6.07) is -0.333. The first-order chi connectivity index (χ1) is 10.5. The summed E-state index contributed by atoms with van der Waals surface area (Å²) in [4.78, 5) is 38.7. The largest absolute Gasteiger partial charge is 0.481 e. The smallest absolute Gasteiger partial charge is 0.308 e. The van der Waals surface area contributed by atoms with Crippen LogP contribution in [0.5, 0.6) is 0 Å². The Labute approximate surface area is 128 Å². The van der Waals surface area contributed by atoms with E-state index in [-0.39, 0.29) is 17.7 Å². The predicted octanol–water partition coefficient (Wildman–Crippen LogP) is 1.83. The highest BCUT2D eigenvalue weighted by molar-refractivity contribution is 6.04. The standard InChI is InChI=1S/C16H20N2O4/c1-8-13-11(6-3-7-12(13)19)17-14(8)15(20)18-10-5-2-4-9(10)16(21)22/h9-10,17H,2-7H2,1H3,(H,18,20)(H,21,22)/t9-,10+/m0/s1. The van der Waals surface area contributed by atoms with Crippen molar-refractivity contribution in [1.82, 2.24) is 10.3 Å². The maximum Gasteiger partial charge on any atom is 0.308 e. The molecule has 22 heavy (non-hydrogen) atoms. The second-order valence-corrected chi connectivity index (χ2v) is 6.21. The number of aromatic nitrogens is 1. The van der Waals surface area contributed by atoms with Gasteiger partial charge in [0.25, 0.3) is 5.91 Å². The van der Waals surface area contributed by atoms with Crippen LogP contribution in [0.25, 0.3) is 0 Å². The van der Waals surface area contributed by atoms with Gasteiger partial charge >= 0.3 is 5.97 Å². The fourth-order valence-electron chi connectivity index (χ4n) is 3.67. The zero-order chi connectivity index (χ0) is 15.9. The number of Topliss-reactive ketones (excluding diaryl/α,β-unsaturated/α-hetero) is 1. The summed E-state index contributed by atoms with van der Waals surface area (Å²) in [5, 5.41) is 12.0. The van der Waals surface area contributed by atoms with Crippen LogP contribution < -0.4 is 5.32 Å². The zero-order valence-electron chi connectivity index (χ0n) is 12.6. The molecule has 1 saturated carbocycles. The maximum atomic E-state index is 12.5. The number of carbonyl (C=O) groups excluding carboxylic acids is 2. The van der Waals surface area contributed by atoms with E-state index in [2.05, 4.69) is 10.3 Å². The molecule has 0 aromatic carbocycles. The van der Waals surface area contributed by atoms with Crippen molar-refractivity contribution in [3.8, 4) is 0 Å². The Balaban J connectivity index is 1.81. The van der Waals surface area contributed by atoms with Crippen LogP contribution in [0, 0.1) is 12.8 Å². The van der Waals surface area contributed by atoms with Crippen LogP contribution in [0.1, 0.15) is 64.2 Å². The molecule has 0 saturated heterocycles. The van der Waals surface area contributed by atoms with E-state index >= 15 is 0 Å². The number of aliphatic carboxylic acids is 1. The minimum Gasteiger partial charge on any atom is -0.481 e. The van der Waals surface area contributed by atoms with Gasteiger partial charge in [0.2, 0.25) is 0 Å². The fourth-order valence-corrected chi connectivity index (χ4v) is 3.67. The second kappa shape index (κ2) is 5.59. The number of carbonyl (C=O) groups is 3. The number of amides is 1. The van der Waals surface area contributed by atoms with Crippen LogP contribution in [0.4, 0.5) is 0 Å². The highest BCUT2D eigenvalue weighted by Gasteiger charge is 2.35. The van der Waals surface area contributed by atoms with Crippen LogP contribution in [-0.4, -0.2) is 33.8 Å². The molecule has 0 aliphatic heterocycles. The highest BCUT2D eigenvalue weighted by Crippen LogP contribution is 2.28. The van der Waals surface area contributed by atoms with Gasteiger partial charge in [0, 0.05) is 23.7 Å². The maximum absolute atomic E-state index is 12.5. The number of aromatic amines is 1. The summed E-state index contributed by atoms with van der Waals surface area (Å²) in [5.41, 5.74) is 2.57. The van der Waals surface area contributed by atoms with E-state index in [0.717, 1.165) is 25.0 Å². The van der Waals surface area contributed by atoms with Gasteiger partial charge in [-0.25, -0.2) is 0 Å². The number of H-pyrrole nitrogens is 1. The minimum atomic E-state index is -0.861. The lowest BCUT2D eigenvalue weighted by Crippen LogP contribution is -2.40. The third kappa shape index (κ3) is 2.42. The molecular formula is C16H20N2O4. The molecule has 0 spiro atoms. The Morgan fingerprint density at radius 1 is 1.23 bits per heavy atom. The quantitative estimate of drug-likeness (QED) is 0.793. The normalized spacial score (nSPS) is 24.1. The molecule has 3 N–H and O–H groups in total. The van der Waals surface area contributed by atoms with Gasteiger partial charge in [-0.2, -0.15) is 0 Å².